The Hall–Kier alpha value is -1.49. The van der Waals surface area contributed by atoms with Gasteiger partial charge in [0.05, 0.1) is 5.56 Å². The highest BCUT2D eigenvalue weighted by atomic mass is 19.1. The summed E-state index contributed by atoms with van der Waals surface area (Å²) in [6, 6.07) is 3.18. The van der Waals surface area contributed by atoms with Crippen molar-refractivity contribution in [3.63, 3.8) is 0 Å². The van der Waals surface area contributed by atoms with Gasteiger partial charge >= 0.3 is 0 Å². The van der Waals surface area contributed by atoms with E-state index in [0.29, 0.717) is 0 Å². The molecule has 1 aliphatic rings. The zero-order valence-electron chi connectivity index (χ0n) is 7.42. The van der Waals surface area contributed by atoms with Gasteiger partial charge in [-0.25, -0.2) is 24.1 Å². The number of rotatable bonds is 1. The minimum absolute atomic E-state index is 0.0781. The molecule has 5 heteroatoms. The Balaban J connectivity index is 2.41. The smallest absolute Gasteiger partial charge is 0.174 e. The number of nitrogens with one attached hydrogen (secondary N) is 1. The van der Waals surface area contributed by atoms with Crippen LogP contribution in [0, 0.1) is 11.6 Å². The van der Waals surface area contributed by atoms with Gasteiger partial charge < -0.3 is 0 Å². The van der Waals surface area contributed by atoms with Crippen LogP contribution >= 0.6 is 0 Å². The molecule has 0 saturated heterocycles. The lowest BCUT2D eigenvalue weighted by Crippen LogP contribution is -2.20. The first-order valence-electron chi connectivity index (χ1n) is 4.11. The van der Waals surface area contributed by atoms with Crippen LogP contribution in [0.1, 0.15) is 12.5 Å². The van der Waals surface area contributed by atoms with Crippen LogP contribution in [0.25, 0.3) is 0 Å². The molecule has 2 rings (SSSR count). The summed E-state index contributed by atoms with van der Waals surface area (Å²) >= 11 is 0. The number of amidine groups is 1. The molecule has 0 bridgehead atoms. The van der Waals surface area contributed by atoms with Crippen LogP contribution in [0.5, 0.6) is 0 Å². The maximum Gasteiger partial charge on any atom is 0.174 e. The molecular formula is C9H8F2N2O. The Morgan fingerprint density at radius 1 is 1.43 bits per heavy atom. The Morgan fingerprint density at radius 3 is 2.86 bits per heavy atom. The Morgan fingerprint density at radius 2 is 2.21 bits per heavy atom. The summed E-state index contributed by atoms with van der Waals surface area (Å²) in [4.78, 5) is 8.81. The molecule has 1 heterocycles. The van der Waals surface area contributed by atoms with Crippen molar-refractivity contribution in [1.82, 2.24) is 5.48 Å². The first-order chi connectivity index (χ1) is 6.66. The van der Waals surface area contributed by atoms with E-state index in [2.05, 4.69) is 10.5 Å². The van der Waals surface area contributed by atoms with Crippen LogP contribution in [0.4, 0.5) is 8.78 Å². The maximum absolute atomic E-state index is 13.2. The van der Waals surface area contributed by atoms with Gasteiger partial charge in [-0.3, -0.25) is 0 Å². The van der Waals surface area contributed by atoms with Crippen molar-refractivity contribution in [2.75, 3.05) is 0 Å². The van der Waals surface area contributed by atoms with Gasteiger partial charge in [0, 0.05) is 0 Å². The SMILES string of the molecule is CC1N=C(c2cc(F)ccc2F)NO1. The van der Waals surface area contributed by atoms with Crippen molar-refractivity contribution in [3.8, 4) is 0 Å². The molecule has 3 nitrogen and oxygen atoms in total. The zero-order valence-corrected chi connectivity index (χ0v) is 7.42. The van der Waals surface area contributed by atoms with Gasteiger partial charge in [0.1, 0.15) is 11.6 Å². The van der Waals surface area contributed by atoms with Crippen LogP contribution in [0.3, 0.4) is 0 Å². The summed E-state index contributed by atoms with van der Waals surface area (Å²) in [5.41, 5.74) is 2.51. The highest BCUT2D eigenvalue weighted by Crippen LogP contribution is 2.13. The molecule has 0 aliphatic carbocycles. The van der Waals surface area contributed by atoms with Gasteiger partial charge in [-0.2, -0.15) is 0 Å². The van der Waals surface area contributed by atoms with Crippen LogP contribution < -0.4 is 5.48 Å². The third kappa shape index (κ3) is 1.58. The molecule has 0 radical (unpaired) electrons. The quantitative estimate of drug-likeness (QED) is 0.743. The second-order valence-corrected chi connectivity index (χ2v) is 2.92. The lowest BCUT2D eigenvalue weighted by atomic mass is 10.2. The van der Waals surface area contributed by atoms with E-state index in [1.807, 2.05) is 0 Å². The number of nitrogens with zero attached hydrogens (tertiary/aromatic N) is 1. The molecule has 1 atom stereocenters. The molecule has 1 aliphatic heterocycles. The fraction of sp³-hybridized carbons (Fsp3) is 0.222. The maximum atomic E-state index is 13.2. The monoisotopic (exact) mass is 198 g/mol. The molecule has 74 valence electrons. The fourth-order valence-electron chi connectivity index (χ4n) is 1.18. The molecule has 14 heavy (non-hydrogen) atoms. The second kappa shape index (κ2) is 3.34. The normalized spacial score (nSPS) is 20.5. The van der Waals surface area contributed by atoms with E-state index in [1.54, 1.807) is 6.92 Å². The van der Waals surface area contributed by atoms with E-state index >= 15 is 0 Å². The van der Waals surface area contributed by atoms with Crippen molar-refractivity contribution >= 4 is 5.84 Å². The predicted molar refractivity (Wildman–Crippen MR) is 46.6 cm³/mol. The van der Waals surface area contributed by atoms with Gasteiger partial charge in [0.25, 0.3) is 0 Å². The molecule has 1 unspecified atom stereocenters. The van der Waals surface area contributed by atoms with E-state index in [4.69, 9.17) is 4.84 Å². The van der Waals surface area contributed by atoms with Crippen LogP contribution in [-0.2, 0) is 4.84 Å². The van der Waals surface area contributed by atoms with E-state index in [-0.39, 0.29) is 17.6 Å². The summed E-state index contributed by atoms with van der Waals surface area (Å²) in [7, 11) is 0. The van der Waals surface area contributed by atoms with E-state index in [1.165, 1.54) is 0 Å². The average Bonchev–Trinajstić information content (AvgIpc) is 2.56. The van der Waals surface area contributed by atoms with Crippen LogP contribution in [-0.4, -0.2) is 12.1 Å². The van der Waals surface area contributed by atoms with Gasteiger partial charge in [0.2, 0.25) is 0 Å². The summed E-state index contributed by atoms with van der Waals surface area (Å²) in [6.45, 7) is 1.69. The molecular weight excluding hydrogens is 190 g/mol. The molecule has 0 fully saturated rings. The zero-order chi connectivity index (χ0) is 10.1. The number of aliphatic imine (C=N–C) groups is 1. The van der Waals surface area contributed by atoms with E-state index in [0.717, 1.165) is 18.2 Å². The molecule has 0 aromatic heterocycles. The van der Waals surface area contributed by atoms with Crippen LogP contribution in [0.2, 0.25) is 0 Å². The number of halogens is 2. The average molecular weight is 198 g/mol. The molecule has 0 spiro atoms. The second-order valence-electron chi connectivity index (χ2n) is 2.92. The summed E-state index contributed by atoms with van der Waals surface area (Å²) in [5, 5.41) is 0. The highest BCUT2D eigenvalue weighted by molar-refractivity contribution is 5.99. The topological polar surface area (TPSA) is 33.6 Å². The lowest BCUT2D eigenvalue weighted by molar-refractivity contribution is 0.0503. The largest absolute Gasteiger partial charge is 0.248 e. The van der Waals surface area contributed by atoms with Crippen molar-refractivity contribution in [2.24, 2.45) is 4.99 Å². The van der Waals surface area contributed by atoms with Crippen molar-refractivity contribution in [3.05, 3.63) is 35.4 Å². The third-order valence-electron chi connectivity index (χ3n) is 1.82. The number of hydroxylamine groups is 1. The molecule has 0 amide bonds. The predicted octanol–water partition coefficient (Wildman–Crippen LogP) is 1.59. The van der Waals surface area contributed by atoms with Gasteiger partial charge in [0.15, 0.2) is 12.1 Å². The van der Waals surface area contributed by atoms with Crippen molar-refractivity contribution < 1.29 is 13.6 Å². The Bertz CT molecular complexity index is 392. The summed E-state index contributed by atoms with van der Waals surface area (Å²) < 4.78 is 26.0. The van der Waals surface area contributed by atoms with Gasteiger partial charge in [-0.1, -0.05) is 0 Å². The number of benzene rings is 1. The Labute approximate surface area is 79.4 Å². The summed E-state index contributed by atoms with van der Waals surface area (Å²) in [5.74, 6) is -0.824. The lowest BCUT2D eigenvalue weighted by Gasteiger charge is -2.02. The summed E-state index contributed by atoms with van der Waals surface area (Å²) in [6.07, 6.45) is -0.382. The van der Waals surface area contributed by atoms with Gasteiger partial charge in [-0.05, 0) is 25.1 Å². The third-order valence-corrected chi connectivity index (χ3v) is 1.82. The highest BCUT2D eigenvalue weighted by Gasteiger charge is 2.18. The number of hydrogen-bond donors (Lipinski definition) is 1. The molecule has 1 aromatic carbocycles. The van der Waals surface area contributed by atoms with Gasteiger partial charge in [-0.15, -0.1) is 0 Å². The minimum atomic E-state index is -0.532. The van der Waals surface area contributed by atoms with Crippen LogP contribution in [0.15, 0.2) is 23.2 Å². The fourth-order valence-corrected chi connectivity index (χ4v) is 1.18. The number of hydrogen-bond acceptors (Lipinski definition) is 3. The van der Waals surface area contributed by atoms with E-state index < -0.39 is 11.6 Å². The molecule has 1 aromatic rings. The molecule has 0 saturated carbocycles. The van der Waals surface area contributed by atoms with Crippen molar-refractivity contribution in [2.45, 2.75) is 13.2 Å². The standard InChI is InChI=1S/C9H8F2N2O/c1-5-12-9(13-14-5)7-4-6(10)2-3-8(7)11/h2-5H,1H3,(H,12,13). The van der Waals surface area contributed by atoms with E-state index in [9.17, 15) is 8.78 Å². The minimum Gasteiger partial charge on any atom is -0.248 e. The first-order valence-corrected chi connectivity index (χ1v) is 4.11. The molecule has 1 N–H and O–H groups in total. The first kappa shape index (κ1) is 9.08. The Kier molecular flexibility index (Phi) is 2.17. The van der Waals surface area contributed by atoms with Crippen molar-refractivity contribution in [1.29, 1.82) is 0 Å².